The van der Waals surface area contributed by atoms with Gasteiger partial charge in [-0.05, 0) is 26.7 Å². The largest absolute Gasteiger partial charge is 0.480 e. The van der Waals surface area contributed by atoms with Crippen LogP contribution in [0.1, 0.15) is 26.7 Å². The molecule has 0 amide bonds. The summed E-state index contributed by atoms with van der Waals surface area (Å²) in [7, 11) is 0. The Morgan fingerprint density at radius 1 is 1.69 bits per heavy atom. The molecule has 0 saturated carbocycles. The SMILES string of the molecule is CC(=N)NC/C(F)=C/CC[C@@](C)(N)C(=O)O. The Hall–Kier alpha value is -1.43. The van der Waals surface area contributed by atoms with Crippen LogP contribution >= 0.6 is 0 Å². The van der Waals surface area contributed by atoms with E-state index in [1.54, 1.807) is 0 Å². The van der Waals surface area contributed by atoms with Crippen molar-refractivity contribution in [2.24, 2.45) is 5.73 Å². The van der Waals surface area contributed by atoms with Crippen molar-refractivity contribution in [2.45, 2.75) is 32.2 Å². The molecular formula is C10H18FN3O2. The zero-order chi connectivity index (χ0) is 12.8. The lowest BCUT2D eigenvalue weighted by Crippen LogP contribution is -2.44. The van der Waals surface area contributed by atoms with E-state index in [0.717, 1.165) is 0 Å². The molecule has 0 aliphatic rings. The molecule has 5 N–H and O–H groups in total. The third kappa shape index (κ3) is 6.13. The Bertz CT molecular complexity index is 300. The fraction of sp³-hybridized carbons (Fsp3) is 0.600. The third-order valence-electron chi connectivity index (χ3n) is 2.04. The fourth-order valence-electron chi connectivity index (χ4n) is 0.925. The summed E-state index contributed by atoms with van der Waals surface area (Å²) in [5, 5.41) is 18.2. The highest BCUT2D eigenvalue weighted by Crippen LogP contribution is 2.11. The molecule has 0 heterocycles. The first-order valence-electron chi connectivity index (χ1n) is 4.91. The van der Waals surface area contributed by atoms with Gasteiger partial charge in [-0.3, -0.25) is 10.2 Å². The Balaban J connectivity index is 4.00. The zero-order valence-corrected chi connectivity index (χ0v) is 9.51. The second kappa shape index (κ2) is 6.22. The van der Waals surface area contributed by atoms with Gasteiger partial charge in [0.05, 0.1) is 12.4 Å². The fourth-order valence-corrected chi connectivity index (χ4v) is 0.925. The van der Waals surface area contributed by atoms with Crippen LogP contribution in [0.15, 0.2) is 11.9 Å². The molecule has 0 bridgehead atoms. The average Bonchev–Trinajstić information content (AvgIpc) is 2.14. The van der Waals surface area contributed by atoms with Crippen LogP contribution in [0.4, 0.5) is 4.39 Å². The molecule has 0 aliphatic carbocycles. The first-order valence-corrected chi connectivity index (χ1v) is 4.91. The predicted octanol–water partition coefficient (Wildman–Crippen LogP) is 1.01. The van der Waals surface area contributed by atoms with E-state index in [0.29, 0.717) is 0 Å². The minimum atomic E-state index is -1.33. The number of hydrogen-bond donors (Lipinski definition) is 4. The van der Waals surface area contributed by atoms with Crippen LogP contribution in [0.2, 0.25) is 0 Å². The number of carboxylic acid groups (broad SMARTS) is 1. The lowest BCUT2D eigenvalue weighted by molar-refractivity contribution is -0.142. The molecule has 0 aliphatic heterocycles. The van der Waals surface area contributed by atoms with Gasteiger partial charge in [0.25, 0.3) is 0 Å². The van der Waals surface area contributed by atoms with E-state index in [1.807, 2.05) is 0 Å². The van der Waals surface area contributed by atoms with Gasteiger partial charge in [-0.2, -0.15) is 0 Å². The van der Waals surface area contributed by atoms with Gasteiger partial charge in [-0.1, -0.05) is 6.08 Å². The summed E-state index contributed by atoms with van der Waals surface area (Å²) in [6.45, 7) is 2.85. The highest BCUT2D eigenvalue weighted by atomic mass is 19.1. The number of carbonyl (C=O) groups is 1. The normalized spacial score (nSPS) is 15.4. The topological polar surface area (TPSA) is 99.2 Å². The van der Waals surface area contributed by atoms with Crippen LogP contribution in [0.5, 0.6) is 0 Å². The summed E-state index contributed by atoms with van der Waals surface area (Å²) in [4.78, 5) is 10.6. The summed E-state index contributed by atoms with van der Waals surface area (Å²) in [6.07, 6.45) is 1.70. The van der Waals surface area contributed by atoms with Gasteiger partial charge in [0.15, 0.2) is 0 Å². The molecule has 0 aromatic carbocycles. The minimum absolute atomic E-state index is 0.0519. The van der Waals surface area contributed by atoms with E-state index < -0.39 is 17.3 Å². The Kier molecular flexibility index (Phi) is 5.66. The maximum atomic E-state index is 13.1. The number of aliphatic carboxylic acids is 1. The highest BCUT2D eigenvalue weighted by molar-refractivity contribution is 5.77. The number of carboxylic acids is 1. The van der Waals surface area contributed by atoms with E-state index in [4.69, 9.17) is 16.2 Å². The number of nitrogens with two attached hydrogens (primary N) is 1. The number of amidine groups is 1. The van der Waals surface area contributed by atoms with Gasteiger partial charge in [0.2, 0.25) is 0 Å². The van der Waals surface area contributed by atoms with Crippen molar-refractivity contribution in [3.8, 4) is 0 Å². The molecule has 0 rings (SSSR count). The van der Waals surface area contributed by atoms with E-state index in [9.17, 15) is 9.18 Å². The summed E-state index contributed by atoms with van der Waals surface area (Å²) in [5.41, 5.74) is 4.14. The van der Waals surface area contributed by atoms with E-state index in [2.05, 4.69) is 5.32 Å². The molecule has 1 atom stereocenters. The lowest BCUT2D eigenvalue weighted by atomic mass is 9.97. The molecule has 0 spiro atoms. The van der Waals surface area contributed by atoms with E-state index >= 15 is 0 Å². The molecule has 0 radical (unpaired) electrons. The van der Waals surface area contributed by atoms with Crippen molar-refractivity contribution in [3.05, 3.63) is 11.9 Å². The molecular weight excluding hydrogens is 213 g/mol. The second-order valence-corrected chi connectivity index (χ2v) is 3.89. The maximum absolute atomic E-state index is 13.1. The molecule has 0 fully saturated rings. The average molecular weight is 231 g/mol. The zero-order valence-electron chi connectivity index (χ0n) is 9.51. The van der Waals surface area contributed by atoms with Crippen molar-refractivity contribution in [1.29, 1.82) is 5.41 Å². The quantitative estimate of drug-likeness (QED) is 0.405. The van der Waals surface area contributed by atoms with E-state index in [-0.39, 0.29) is 25.2 Å². The molecule has 92 valence electrons. The van der Waals surface area contributed by atoms with Crippen LogP contribution in [0.3, 0.4) is 0 Å². The number of hydrogen-bond acceptors (Lipinski definition) is 3. The van der Waals surface area contributed by atoms with Crippen LogP contribution in [-0.4, -0.2) is 29.0 Å². The van der Waals surface area contributed by atoms with Crippen molar-refractivity contribution < 1.29 is 14.3 Å². The van der Waals surface area contributed by atoms with Crippen molar-refractivity contribution in [3.63, 3.8) is 0 Å². The van der Waals surface area contributed by atoms with Crippen LogP contribution in [-0.2, 0) is 4.79 Å². The number of rotatable bonds is 6. The summed E-state index contributed by atoms with van der Waals surface area (Å²) in [5.74, 6) is -1.35. The van der Waals surface area contributed by atoms with E-state index in [1.165, 1.54) is 19.9 Å². The van der Waals surface area contributed by atoms with Crippen LogP contribution < -0.4 is 11.1 Å². The van der Waals surface area contributed by atoms with Gasteiger partial charge >= 0.3 is 5.97 Å². The Morgan fingerprint density at radius 2 is 2.25 bits per heavy atom. The van der Waals surface area contributed by atoms with Crippen LogP contribution in [0.25, 0.3) is 0 Å². The van der Waals surface area contributed by atoms with Gasteiger partial charge in [-0.15, -0.1) is 0 Å². The molecule has 0 aromatic rings. The maximum Gasteiger partial charge on any atom is 0.323 e. The summed E-state index contributed by atoms with van der Waals surface area (Å²) >= 11 is 0. The van der Waals surface area contributed by atoms with Gasteiger partial charge < -0.3 is 16.2 Å². The predicted molar refractivity (Wildman–Crippen MR) is 60.1 cm³/mol. The number of allylic oxidation sites excluding steroid dienone is 1. The number of nitrogens with one attached hydrogen (secondary N) is 2. The standard InChI is InChI=1S/C10H18FN3O2/c1-7(12)14-6-8(11)4-3-5-10(2,13)9(15)16/h4H,3,5-6,13H2,1-2H3,(H2,12,14)(H,15,16)/b8-4-/t10-/m1/s1. The van der Waals surface area contributed by atoms with Crippen molar-refractivity contribution in [2.75, 3.05) is 6.54 Å². The van der Waals surface area contributed by atoms with Crippen molar-refractivity contribution in [1.82, 2.24) is 5.32 Å². The summed E-state index contributed by atoms with van der Waals surface area (Å²) in [6, 6.07) is 0. The first-order chi connectivity index (χ1) is 7.25. The van der Waals surface area contributed by atoms with Gasteiger partial charge in [0.1, 0.15) is 11.4 Å². The first kappa shape index (κ1) is 14.6. The molecule has 6 heteroatoms. The Labute approximate surface area is 94.0 Å². The monoisotopic (exact) mass is 231 g/mol. The lowest BCUT2D eigenvalue weighted by Gasteiger charge is -2.17. The van der Waals surface area contributed by atoms with Gasteiger partial charge in [-0.25, -0.2) is 4.39 Å². The summed E-state index contributed by atoms with van der Waals surface area (Å²) < 4.78 is 13.1. The Morgan fingerprint density at radius 3 is 2.69 bits per heavy atom. The molecule has 5 nitrogen and oxygen atoms in total. The smallest absolute Gasteiger partial charge is 0.323 e. The number of halogens is 1. The molecule has 0 unspecified atom stereocenters. The molecule has 0 aromatic heterocycles. The third-order valence-corrected chi connectivity index (χ3v) is 2.04. The van der Waals surface area contributed by atoms with Crippen molar-refractivity contribution >= 4 is 11.8 Å². The second-order valence-electron chi connectivity index (χ2n) is 3.89. The van der Waals surface area contributed by atoms with Gasteiger partial charge in [0, 0.05) is 0 Å². The minimum Gasteiger partial charge on any atom is -0.480 e. The van der Waals surface area contributed by atoms with Crippen LogP contribution in [0, 0.1) is 5.41 Å². The highest BCUT2D eigenvalue weighted by Gasteiger charge is 2.26. The molecule has 16 heavy (non-hydrogen) atoms. The molecule has 0 saturated heterocycles.